The van der Waals surface area contributed by atoms with Crippen molar-refractivity contribution in [2.45, 2.75) is 43.0 Å². The van der Waals surface area contributed by atoms with Crippen molar-refractivity contribution in [2.24, 2.45) is 17.4 Å². The lowest BCUT2D eigenvalue weighted by Gasteiger charge is -2.42. The van der Waals surface area contributed by atoms with Gasteiger partial charge in [0, 0.05) is 17.1 Å². The van der Waals surface area contributed by atoms with Crippen molar-refractivity contribution in [1.29, 1.82) is 0 Å². The molecule has 2 atom stereocenters. The minimum absolute atomic E-state index is 0. The molecule has 0 radical (unpaired) electrons. The van der Waals surface area contributed by atoms with Crippen molar-refractivity contribution < 1.29 is 17.9 Å². The number of hydrogen-bond acceptors (Lipinski definition) is 5. The molecule has 0 aliphatic heterocycles. The van der Waals surface area contributed by atoms with Gasteiger partial charge in [0.2, 0.25) is 10.0 Å². The van der Waals surface area contributed by atoms with Gasteiger partial charge in [0.1, 0.15) is 10.6 Å². The molecule has 1 saturated carbocycles. The number of nitrogens with one attached hydrogen (secondary N) is 1. The zero-order chi connectivity index (χ0) is 18.7. The van der Waals surface area contributed by atoms with Crippen LogP contribution in [0.15, 0.2) is 23.1 Å². The predicted octanol–water partition coefficient (Wildman–Crippen LogP) is 1.81. The molecule has 148 valence electrons. The number of nitrogens with two attached hydrogens (primary N) is 2. The van der Waals surface area contributed by atoms with Crippen LogP contribution in [0, 0.1) is 5.92 Å². The third-order valence-corrected chi connectivity index (χ3v) is 6.53. The van der Waals surface area contributed by atoms with Crippen LogP contribution in [0.1, 0.15) is 32.6 Å². The molecule has 10 heteroatoms. The van der Waals surface area contributed by atoms with E-state index < -0.39 is 28.1 Å². The maximum absolute atomic E-state index is 13.0. The van der Waals surface area contributed by atoms with Crippen LogP contribution >= 0.6 is 24.0 Å². The second kappa shape index (κ2) is 9.23. The molecule has 1 aliphatic rings. The van der Waals surface area contributed by atoms with Crippen LogP contribution < -0.4 is 20.9 Å². The molecule has 0 heterocycles. The first-order chi connectivity index (χ1) is 11.7. The van der Waals surface area contributed by atoms with Gasteiger partial charge in [-0.3, -0.25) is 4.79 Å². The highest BCUT2D eigenvalue weighted by Gasteiger charge is 2.41. The summed E-state index contributed by atoms with van der Waals surface area (Å²) < 4.78 is 34.0. The van der Waals surface area contributed by atoms with E-state index in [1.807, 2.05) is 6.92 Å². The number of carbonyl (C=O) groups excluding carboxylic acids is 1. The molecule has 5 N–H and O–H groups in total. The van der Waals surface area contributed by atoms with Crippen LogP contribution in [0.4, 0.5) is 0 Å². The third kappa shape index (κ3) is 5.23. The van der Waals surface area contributed by atoms with Gasteiger partial charge in [0.25, 0.3) is 5.91 Å². The van der Waals surface area contributed by atoms with Gasteiger partial charge in [-0.15, -0.1) is 12.4 Å². The van der Waals surface area contributed by atoms with E-state index in [9.17, 15) is 13.2 Å². The van der Waals surface area contributed by atoms with Crippen molar-refractivity contribution >= 4 is 39.9 Å². The van der Waals surface area contributed by atoms with Crippen LogP contribution in [-0.2, 0) is 14.8 Å². The Kier molecular flexibility index (Phi) is 8.16. The Hall–Kier alpha value is -1.06. The zero-order valence-electron chi connectivity index (χ0n) is 14.5. The molecular formula is C16H25Cl2N3O4S. The van der Waals surface area contributed by atoms with Crippen molar-refractivity contribution in [3.8, 4) is 5.75 Å². The number of halogens is 2. The first-order valence-electron chi connectivity index (χ1n) is 8.15. The number of rotatable bonds is 7. The van der Waals surface area contributed by atoms with Crippen LogP contribution in [0.5, 0.6) is 5.75 Å². The maximum atomic E-state index is 13.0. The van der Waals surface area contributed by atoms with Gasteiger partial charge in [0.15, 0.2) is 6.61 Å². The Bertz CT molecular complexity index is 745. The van der Waals surface area contributed by atoms with Gasteiger partial charge in [-0.2, -0.15) is 0 Å². The topological polar surface area (TPSA) is 125 Å². The normalized spacial score (nSPS) is 23.1. The molecule has 0 bridgehead atoms. The summed E-state index contributed by atoms with van der Waals surface area (Å²) in [4.78, 5) is 10.8. The van der Waals surface area contributed by atoms with E-state index >= 15 is 0 Å². The number of ether oxygens (including phenoxy) is 1. The second-order valence-electron chi connectivity index (χ2n) is 6.46. The summed E-state index contributed by atoms with van der Waals surface area (Å²) in [5.74, 6) is -0.577. The van der Waals surface area contributed by atoms with Crippen LogP contribution in [0.25, 0.3) is 0 Å². The summed E-state index contributed by atoms with van der Waals surface area (Å²) in [6.07, 6.45) is 3.53. The Morgan fingerprint density at radius 2 is 2.12 bits per heavy atom. The summed E-state index contributed by atoms with van der Waals surface area (Å²) in [5.41, 5.74) is 10.3. The number of hydrogen-bond donors (Lipinski definition) is 3. The van der Waals surface area contributed by atoms with Gasteiger partial charge in [-0.25, -0.2) is 13.1 Å². The van der Waals surface area contributed by atoms with E-state index in [1.165, 1.54) is 18.2 Å². The first-order valence-corrected chi connectivity index (χ1v) is 10.0. The fourth-order valence-electron chi connectivity index (χ4n) is 3.19. The molecule has 0 aromatic heterocycles. The Morgan fingerprint density at radius 1 is 1.42 bits per heavy atom. The average Bonchev–Trinajstić information content (AvgIpc) is 2.55. The fourth-order valence-corrected chi connectivity index (χ4v) is 5.14. The highest BCUT2D eigenvalue weighted by Crippen LogP contribution is 2.36. The van der Waals surface area contributed by atoms with E-state index in [0.717, 1.165) is 19.3 Å². The predicted molar refractivity (Wildman–Crippen MR) is 103 cm³/mol. The van der Waals surface area contributed by atoms with Gasteiger partial charge < -0.3 is 16.2 Å². The Labute approximate surface area is 165 Å². The summed E-state index contributed by atoms with van der Waals surface area (Å²) in [5, 5.41) is 0.241. The average molecular weight is 426 g/mol. The van der Waals surface area contributed by atoms with Gasteiger partial charge in [-0.1, -0.05) is 31.4 Å². The summed E-state index contributed by atoms with van der Waals surface area (Å²) >= 11 is 5.96. The van der Waals surface area contributed by atoms with Gasteiger partial charge in [-0.05, 0) is 37.0 Å². The lowest BCUT2D eigenvalue weighted by molar-refractivity contribution is -0.120. The monoisotopic (exact) mass is 425 g/mol. The fraction of sp³-hybridized carbons (Fsp3) is 0.562. The van der Waals surface area contributed by atoms with Gasteiger partial charge >= 0.3 is 0 Å². The minimum atomic E-state index is -3.96. The van der Waals surface area contributed by atoms with E-state index in [-0.39, 0.29) is 40.5 Å². The minimum Gasteiger partial charge on any atom is -0.482 e. The van der Waals surface area contributed by atoms with Crippen LogP contribution in [0.2, 0.25) is 5.02 Å². The molecule has 0 saturated heterocycles. The zero-order valence-corrected chi connectivity index (χ0v) is 16.9. The Balaban J connectivity index is 0.00000338. The van der Waals surface area contributed by atoms with Crippen molar-refractivity contribution in [3.63, 3.8) is 0 Å². The highest BCUT2D eigenvalue weighted by molar-refractivity contribution is 7.89. The molecule has 1 amide bonds. The summed E-state index contributed by atoms with van der Waals surface area (Å²) in [6, 6.07) is 4.18. The summed E-state index contributed by atoms with van der Waals surface area (Å²) in [6.45, 7) is 1.77. The second-order valence-corrected chi connectivity index (χ2v) is 8.55. The van der Waals surface area contributed by atoms with Crippen LogP contribution in [-0.4, -0.2) is 33.0 Å². The van der Waals surface area contributed by atoms with Crippen LogP contribution in [0.3, 0.4) is 0 Å². The standard InChI is InChI=1S/C16H24ClN3O4S.ClH/c1-11-4-2-3-7-16(11,10-18)20-25(22,23)14-8-12(17)5-6-13(14)24-9-15(19)21;/h5-6,8,11,20H,2-4,7,9-10,18H2,1H3,(H2,19,21);1H. The number of amides is 1. The number of carbonyl (C=O) groups is 1. The quantitative estimate of drug-likeness (QED) is 0.613. The Morgan fingerprint density at radius 3 is 2.69 bits per heavy atom. The summed E-state index contributed by atoms with van der Waals surface area (Å²) in [7, 11) is -3.96. The van der Waals surface area contributed by atoms with E-state index in [1.54, 1.807) is 0 Å². The smallest absolute Gasteiger partial charge is 0.255 e. The maximum Gasteiger partial charge on any atom is 0.255 e. The molecule has 1 aromatic carbocycles. The lowest BCUT2D eigenvalue weighted by Crippen LogP contribution is -2.58. The SMILES string of the molecule is CC1CCCCC1(CN)NS(=O)(=O)c1cc(Cl)ccc1OCC(N)=O.Cl. The largest absolute Gasteiger partial charge is 0.482 e. The van der Waals surface area contributed by atoms with E-state index in [2.05, 4.69) is 4.72 Å². The van der Waals surface area contributed by atoms with Crippen molar-refractivity contribution in [2.75, 3.05) is 13.2 Å². The van der Waals surface area contributed by atoms with E-state index in [4.69, 9.17) is 27.8 Å². The molecule has 2 rings (SSSR count). The third-order valence-electron chi connectivity index (χ3n) is 4.72. The number of sulfonamides is 1. The van der Waals surface area contributed by atoms with Crippen molar-refractivity contribution in [3.05, 3.63) is 23.2 Å². The number of primary amides is 1. The van der Waals surface area contributed by atoms with Gasteiger partial charge in [0.05, 0.1) is 0 Å². The van der Waals surface area contributed by atoms with E-state index in [0.29, 0.717) is 6.42 Å². The lowest BCUT2D eigenvalue weighted by atomic mass is 9.74. The highest BCUT2D eigenvalue weighted by atomic mass is 35.5. The molecule has 0 spiro atoms. The molecule has 26 heavy (non-hydrogen) atoms. The number of benzene rings is 1. The molecule has 1 fully saturated rings. The molecule has 7 nitrogen and oxygen atoms in total. The molecule has 2 unspecified atom stereocenters. The van der Waals surface area contributed by atoms with Crippen molar-refractivity contribution in [1.82, 2.24) is 4.72 Å². The molecular weight excluding hydrogens is 401 g/mol. The molecule has 1 aliphatic carbocycles. The molecule has 1 aromatic rings. The first kappa shape index (κ1) is 23.0.